The molecular formula is C15H10Br2N8O. The van der Waals surface area contributed by atoms with E-state index in [9.17, 15) is 10.4 Å². The van der Waals surface area contributed by atoms with E-state index < -0.39 is 6.04 Å². The first-order chi connectivity index (χ1) is 12.4. The van der Waals surface area contributed by atoms with Crippen LogP contribution in [0.1, 0.15) is 22.7 Å². The first kappa shape index (κ1) is 17.8. The van der Waals surface area contributed by atoms with Gasteiger partial charge in [-0.2, -0.15) is 10.5 Å². The average Bonchev–Trinajstić information content (AvgIpc) is 2.59. The molecule has 0 amide bonds. The van der Waals surface area contributed by atoms with Gasteiger partial charge in [-0.1, -0.05) is 0 Å². The van der Waals surface area contributed by atoms with Gasteiger partial charge in [0.1, 0.15) is 35.1 Å². The van der Waals surface area contributed by atoms with E-state index in [1.807, 2.05) is 6.07 Å². The van der Waals surface area contributed by atoms with E-state index in [0.29, 0.717) is 20.1 Å². The number of benzene rings is 1. The Morgan fingerprint density at radius 2 is 1.88 bits per heavy atom. The lowest BCUT2D eigenvalue weighted by molar-refractivity contribution is 0.468. The lowest BCUT2D eigenvalue weighted by atomic mass is 9.95. The van der Waals surface area contributed by atoms with Crippen molar-refractivity contribution in [2.45, 2.75) is 6.04 Å². The van der Waals surface area contributed by atoms with Gasteiger partial charge in [-0.25, -0.2) is 9.98 Å². The van der Waals surface area contributed by atoms with Gasteiger partial charge in [0.2, 0.25) is 5.96 Å². The molecule has 11 heteroatoms. The van der Waals surface area contributed by atoms with E-state index in [-0.39, 0.29) is 34.6 Å². The monoisotopic (exact) mass is 476 g/mol. The lowest BCUT2D eigenvalue weighted by Gasteiger charge is -2.26. The third kappa shape index (κ3) is 2.87. The van der Waals surface area contributed by atoms with Crippen molar-refractivity contribution in [3.8, 4) is 18.0 Å². The minimum atomic E-state index is -0.685. The van der Waals surface area contributed by atoms with Crippen LogP contribution in [0.2, 0.25) is 0 Å². The number of nitrogens with one attached hydrogen (secondary N) is 2. The number of nitrogen functional groups attached to an aromatic ring is 2. The molecule has 1 aliphatic heterocycles. The normalized spacial score (nSPS) is 15.1. The minimum Gasteiger partial charge on any atom is -0.506 e. The summed E-state index contributed by atoms with van der Waals surface area (Å²) in [5, 5.41) is 33.4. The smallest absolute Gasteiger partial charge is 0.211 e. The number of phenols is 1. The number of hydrogen-bond acceptors (Lipinski definition) is 9. The molecule has 0 saturated heterocycles. The standard InChI is InChI=1S/C15H10Br2N8O/c16-7-1-5(2-8(17)12(7)26)11-9-10(20)6(3-18)13(21)24-14(9)25-15(23-11)22-4-19/h1-2,11,26H,(H6,20,21,22,23,24,25). The van der Waals surface area contributed by atoms with Gasteiger partial charge in [-0.05, 0) is 49.6 Å². The number of fused-ring (bicyclic) bond motifs is 1. The van der Waals surface area contributed by atoms with Crippen LogP contribution in [0.5, 0.6) is 5.75 Å². The maximum absolute atomic E-state index is 9.94. The predicted octanol–water partition coefficient (Wildman–Crippen LogP) is 2.29. The number of anilines is 3. The summed E-state index contributed by atoms with van der Waals surface area (Å²) in [7, 11) is 0. The molecule has 0 spiro atoms. The second kappa shape index (κ2) is 6.71. The quantitative estimate of drug-likeness (QED) is 0.307. The van der Waals surface area contributed by atoms with Crippen LogP contribution in [0, 0.1) is 22.8 Å². The summed E-state index contributed by atoms with van der Waals surface area (Å²) in [5.74, 6) is 0.447. The summed E-state index contributed by atoms with van der Waals surface area (Å²) in [4.78, 5) is 8.62. The van der Waals surface area contributed by atoms with Crippen LogP contribution in [0.15, 0.2) is 26.1 Å². The highest BCUT2D eigenvalue weighted by molar-refractivity contribution is 9.11. The Morgan fingerprint density at radius 3 is 2.46 bits per heavy atom. The van der Waals surface area contributed by atoms with E-state index in [0.717, 1.165) is 0 Å². The van der Waals surface area contributed by atoms with Gasteiger partial charge in [0.05, 0.1) is 14.6 Å². The van der Waals surface area contributed by atoms with Gasteiger partial charge in [0.15, 0.2) is 6.19 Å². The van der Waals surface area contributed by atoms with Crippen molar-refractivity contribution in [1.29, 1.82) is 10.5 Å². The van der Waals surface area contributed by atoms with Gasteiger partial charge in [-0.3, -0.25) is 5.32 Å². The summed E-state index contributed by atoms with van der Waals surface area (Å²) in [6, 6.07) is 4.58. The zero-order valence-corrected chi connectivity index (χ0v) is 16.1. The summed E-state index contributed by atoms with van der Waals surface area (Å²) in [6.45, 7) is 0. The largest absolute Gasteiger partial charge is 0.506 e. The highest BCUT2D eigenvalue weighted by atomic mass is 79.9. The highest BCUT2D eigenvalue weighted by Crippen LogP contribution is 2.43. The molecule has 0 radical (unpaired) electrons. The molecule has 130 valence electrons. The Labute approximate surface area is 164 Å². The predicted molar refractivity (Wildman–Crippen MR) is 103 cm³/mol. The fourth-order valence-corrected chi connectivity index (χ4v) is 3.79. The highest BCUT2D eigenvalue weighted by Gasteiger charge is 2.30. The molecule has 7 N–H and O–H groups in total. The van der Waals surface area contributed by atoms with Gasteiger partial charge >= 0.3 is 0 Å². The van der Waals surface area contributed by atoms with E-state index in [2.05, 4.69) is 52.5 Å². The van der Waals surface area contributed by atoms with Crippen LogP contribution in [0.25, 0.3) is 0 Å². The number of nitrogens with two attached hydrogens (primary N) is 2. The van der Waals surface area contributed by atoms with Crippen LogP contribution in [-0.2, 0) is 0 Å². The van der Waals surface area contributed by atoms with Crippen molar-refractivity contribution in [2.24, 2.45) is 4.99 Å². The fourth-order valence-electron chi connectivity index (χ4n) is 2.57. The lowest BCUT2D eigenvalue weighted by Crippen LogP contribution is -2.32. The second-order valence-corrected chi connectivity index (χ2v) is 6.94. The van der Waals surface area contributed by atoms with E-state index in [1.165, 1.54) is 0 Å². The number of guanidine groups is 1. The van der Waals surface area contributed by atoms with Crippen molar-refractivity contribution >= 4 is 55.1 Å². The average molecular weight is 478 g/mol. The molecule has 1 unspecified atom stereocenters. The van der Waals surface area contributed by atoms with E-state index >= 15 is 0 Å². The van der Waals surface area contributed by atoms with Crippen molar-refractivity contribution in [2.75, 3.05) is 16.8 Å². The Bertz CT molecular complexity index is 1010. The molecule has 3 rings (SSSR count). The number of aromatic hydroxyl groups is 1. The van der Waals surface area contributed by atoms with E-state index in [4.69, 9.17) is 16.7 Å². The minimum absolute atomic E-state index is 0.0266. The molecule has 9 nitrogen and oxygen atoms in total. The molecule has 1 atom stereocenters. The Hall–Kier alpha value is -3.02. The van der Waals surface area contributed by atoms with Gasteiger partial charge < -0.3 is 21.9 Å². The Balaban J connectivity index is 2.28. The first-order valence-electron chi connectivity index (χ1n) is 7.04. The number of nitrogens with zero attached hydrogens (tertiary/aromatic N) is 4. The molecular weight excluding hydrogens is 468 g/mol. The van der Waals surface area contributed by atoms with Crippen LogP contribution in [-0.4, -0.2) is 16.1 Å². The summed E-state index contributed by atoms with van der Waals surface area (Å²) in [5.41, 5.74) is 13.3. The zero-order valence-electron chi connectivity index (χ0n) is 12.9. The number of aromatic nitrogens is 1. The second-order valence-electron chi connectivity index (χ2n) is 5.24. The Morgan fingerprint density at radius 1 is 1.23 bits per heavy atom. The van der Waals surface area contributed by atoms with Gasteiger partial charge in [-0.15, -0.1) is 0 Å². The van der Waals surface area contributed by atoms with Crippen molar-refractivity contribution in [3.63, 3.8) is 0 Å². The SMILES string of the molecule is N#CNC1=NC(c2cc(Br)c(O)c(Br)c2)c2c(nc(N)c(C#N)c2N)N1. The molecule has 0 bridgehead atoms. The zero-order chi connectivity index (χ0) is 19.0. The van der Waals surface area contributed by atoms with Crippen molar-refractivity contribution in [1.82, 2.24) is 10.3 Å². The summed E-state index contributed by atoms with van der Waals surface area (Å²) >= 11 is 6.55. The summed E-state index contributed by atoms with van der Waals surface area (Å²) in [6.07, 6.45) is 1.78. The number of halogens is 2. The molecule has 2 aromatic rings. The molecule has 0 aliphatic carbocycles. The van der Waals surface area contributed by atoms with Crippen molar-refractivity contribution < 1.29 is 5.11 Å². The third-order valence-corrected chi connectivity index (χ3v) is 4.92. The molecule has 0 saturated carbocycles. The topological polar surface area (TPSA) is 169 Å². The number of phenolic OH excluding ortho intramolecular Hbond substituents is 1. The number of rotatable bonds is 1. The number of aliphatic imine (C=N–C) groups is 1. The molecule has 1 aliphatic rings. The molecule has 1 aromatic carbocycles. The van der Waals surface area contributed by atoms with Gasteiger partial charge in [0.25, 0.3) is 0 Å². The van der Waals surface area contributed by atoms with Crippen LogP contribution < -0.4 is 22.1 Å². The first-order valence-corrected chi connectivity index (χ1v) is 8.62. The number of hydrogen-bond donors (Lipinski definition) is 5. The molecule has 0 fully saturated rings. The summed E-state index contributed by atoms with van der Waals surface area (Å²) < 4.78 is 0.879. The number of nitriles is 2. The number of pyridine rings is 1. The molecule has 1 aromatic heterocycles. The van der Waals surface area contributed by atoms with Crippen molar-refractivity contribution in [3.05, 3.63) is 37.8 Å². The van der Waals surface area contributed by atoms with Crippen LogP contribution in [0.3, 0.4) is 0 Å². The van der Waals surface area contributed by atoms with Crippen LogP contribution >= 0.6 is 31.9 Å². The van der Waals surface area contributed by atoms with Crippen LogP contribution in [0.4, 0.5) is 17.3 Å². The Kier molecular flexibility index (Phi) is 4.59. The molecule has 2 heterocycles. The third-order valence-electron chi connectivity index (χ3n) is 3.71. The fraction of sp³-hybridized carbons (Fsp3) is 0.0667. The van der Waals surface area contributed by atoms with E-state index in [1.54, 1.807) is 18.3 Å². The maximum atomic E-state index is 9.94. The van der Waals surface area contributed by atoms with Gasteiger partial charge in [0, 0.05) is 5.56 Å². The maximum Gasteiger partial charge on any atom is 0.211 e. The molecule has 26 heavy (non-hydrogen) atoms.